The van der Waals surface area contributed by atoms with Crippen LogP contribution >= 0.6 is 0 Å². The van der Waals surface area contributed by atoms with Gasteiger partial charge in [0.15, 0.2) is 0 Å². The quantitative estimate of drug-likeness (QED) is 0.825. The van der Waals surface area contributed by atoms with Crippen molar-refractivity contribution in [2.24, 2.45) is 17.8 Å². The summed E-state index contributed by atoms with van der Waals surface area (Å²) < 4.78 is 0. The number of H-pyrrole nitrogens is 1. The molecule has 0 atom stereocenters. The fourth-order valence-electron chi connectivity index (χ4n) is 5.27. The zero-order valence-electron chi connectivity index (χ0n) is 10.7. The lowest BCUT2D eigenvalue weighted by molar-refractivity contribution is -0.00199. The Kier molecular flexibility index (Phi) is 1.95. The SMILES string of the molecule is CN(c1cc[nH]c1)C12CC3CC(CC(C3)C1)C2. The van der Waals surface area contributed by atoms with Crippen molar-refractivity contribution >= 4 is 5.69 Å². The van der Waals surface area contributed by atoms with Gasteiger partial charge >= 0.3 is 0 Å². The molecule has 4 fully saturated rings. The molecular weight excluding hydrogens is 208 g/mol. The van der Waals surface area contributed by atoms with E-state index in [2.05, 4.69) is 29.2 Å². The Morgan fingerprint density at radius 2 is 1.71 bits per heavy atom. The topological polar surface area (TPSA) is 19.0 Å². The number of nitrogens with zero attached hydrogens (tertiary/aromatic N) is 1. The highest BCUT2D eigenvalue weighted by Crippen LogP contribution is 2.58. The summed E-state index contributed by atoms with van der Waals surface area (Å²) in [6.45, 7) is 0. The van der Waals surface area contributed by atoms with Crippen molar-refractivity contribution in [3.63, 3.8) is 0 Å². The molecule has 4 aliphatic rings. The summed E-state index contributed by atoms with van der Waals surface area (Å²) >= 11 is 0. The number of hydrogen-bond acceptors (Lipinski definition) is 1. The predicted molar refractivity (Wildman–Crippen MR) is 70.1 cm³/mol. The van der Waals surface area contributed by atoms with Crippen LogP contribution in [-0.2, 0) is 0 Å². The van der Waals surface area contributed by atoms with E-state index >= 15 is 0 Å². The van der Waals surface area contributed by atoms with Crippen molar-refractivity contribution in [1.29, 1.82) is 0 Å². The van der Waals surface area contributed by atoms with Crippen LogP contribution in [0.3, 0.4) is 0 Å². The molecule has 4 bridgehead atoms. The molecule has 1 heterocycles. The van der Waals surface area contributed by atoms with E-state index < -0.39 is 0 Å². The van der Waals surface area contributed by atoms with E-state index in [1.165, 1.54) is 44.2 Å². The molecule has 1 N–H and O–H groups in total. The van der Waals surface area contributed by atoms with E-state index in [-0.39, 0.29) is 0 Å². The number of rotatable bonds is 2. The predicted octanol–water partition coefficient (Wildman–Crippen LogP) is 3.42. The highest BCUT2D eigenvalue weighted by molar-refractivity contribution is 5.47. The fourth-order valence-corrected chi connectivity index (χ4v) is 5.27. The molecule has 0 saturated heterocycles. The third-order valence-electron chi connectivity index (χ3n) is 5.69. The van der Waals surface area contributed by atoms with Gasteiger partial charge in [0.05, 0.1) is 5.69 Å². The molecule has 5 rings (SSSR count). The van der Waals surface area contributed by atoms with E-state index in [1.54, 1.807) is 0 Å². The summed E-state index contributed by atoms with van der Waals surface area (Å²) in [5, 5.41) is 0. The molecule has 2 nitrogen and oxygen atoms in total. The first-order chi connectivity index (χ1) is 8.25. The summed E-state index contributed by atoms with van der Waals surface area (Å²) in [6.07, 6.45) is 13.1. The van der Waals surface area contributed by atoms with E-state index in [0.29, 0.717) is 5.54 Å². The summed E-state index contributed by atoms with van der Waals surface area (Å²) in [5.74, 6) is 3.09. The lowest BCUT2D eigenvalue weighted by atomic mass is 9.52. The van der Waals surface area contributed by atoms with E-state index in [9.17, 15) is 0 Å². The number of aromatic amines is 1. The second kappa shape index (κ2) is 3.30. The van der Waals surface area contributed by atoms with Gasteiger partial charge in [-0.3, -0.25) is 0 Å². The Labute approximate surface area is 103 Å². The lowest BCUT2D eigenvalue weighted by Crippen LogP contribution is -2.59. The first kappa shape index (κ1) is 10.0. The molecule has 0 radical (unpaired) electrons. The summed E-state index contributed by atoms with van der Waals surface area (Å²) in [6, 6.07) is 2.22. The van der Waals surface area contributed by atoms with Crippen LogP contribution in [0.1, 0.15) is 38.5 Å². The molecule has 2 heteroatoms. The molecule has 1 aromatic rings. The van der Waals surface area contributed by atoms with E-state index in [4.69, 9.17) is 0 Å². The second-order valence-electron chi connectivity index (χ2n) is 6.77. The summed E-state index contributed by atoms with van der Waals surface area (Å²) in [7, 11) is 2.32. The van der Waals surface area contributed by atoms with Crippen molar-refractivity contribution in [2.45, 2.75) is 44.1 Å². The van der Waals surface area contributed by atoms with Crippen LogP contribution in [0.5, 0.6) is 0 Å². The average molecular weight is 230 g/mol. The summed E-state index contributed by atoms with van der Waals surface area (Å²) in [5.41, 5.74) is 1.88. The molecule has 0 aromatic carbocycles. The number of hydrogen-bond donors (Lipinski definition) is 1. The molecule has 0 unspecified atom stereocenters. The number of aromatic nitrogens is 1. The molecule has 0 aliphatic heterocycles. The maximum Gasteiger partial charge on any atom is 0.0545 e. The van der Waals surface area contributed by atoms with Gasteiger partial charge in [-0.2, -0.15) is 0 Å². The maximum absolute atomic E-state index is 3.20. The van der Waals surface area contributed by atoms with Crippen LogP contribution < -0.4 is 4.90 Å². The molecule has 0 spiro atoms. The Hall–Kier alpha value is -0.920. The van der Waals surface area contributed by atoms with Crippen LogP contribution in [0.2, 0.25) is 0 Å². The maximum atomic E-state index is 3.20. The molecule has 17 heavy (non-hydrogen) atoms. The van der Waals surface area contributed by atoms with Gasteiger partial charge in [0, 0.05) is 25.0 Å². The Balaban J connectivity index is 1.68. The smallest absolute Gasteiger partial charge is 0.0545 e. The highest BCUT2D eigenvalue weighted by atomic mass is 15.2. The van der Waals surface area contributed by atoms with Gasteiger partial charge in [-0.15, -0.1) is 0 Å². The van der Waals surface area contributed by atoms with Gasteiger partial charge < -0.3 is 9.88 Å². The van der Waals surface area contributed by atoms with Crippen LogP contribution in [0, 0.1) is 17.8 Å². The third kappa shape index (κ3) is 1.39. The fraction of sp³-hybridized carbons (Fsp3) is 0.733. The van der Waals surface area contributed by atoms with E-state index in [1.807, 2.05) is 6.20 Å². The standard InChI is InChI=1S/C15H22N2/c1-17(14-2-3-16-10-14)15-7-11-4-12(8-15)6-13(5-11)9-15/h2-3,10-13,16H,4-9H2,1H3. The van der Waals surface area contributed by atoms with Gasteiger partial charge in [0.25, 0.3) is 0 Å². The highest BCUT2D eigenvalue weighted by Gasteiger charge is 2.52. The molecule has 1 aromatic heterocycles. The van der Waals surface area contributed by atoms with Crippen LogP contribution in [0.15, 0.2) is 18.5 Å². The lowest BCUT2D eigenvalue weighted by Gasteiger charge is -2.60. The number of anilines is 1. The van der Waals surface area contributed by atoms with Crippen molar-refractivity contribution < 1.29 is 0 Å². The minimum Gasteiger partial charge on any atom is -0.368 e. The van der Waals surface area contributed by atoms with Crippen LogP contribution in [-0.4, -0.2) is 17.6 Å². The summed E-state index contributed by atoms with van der Waals surface area (Å²) in [4.78, 5) is 5.79. The van der Waals surface area contributed by atoms with Gasteiger partial charge in [-0.05, 0) is 62.3 Å². The van der Waals surface area contributed by atoms with Gasteiger partial charge in [0.2, 0.25) is 0 Å². The Morgan fingerprint density at radius 3 is 2.18 bits per heavy atom. The van der Waals surface area contributed by atoms with E-state index in [0.717, 1.165) is 17.8 Å². The van der Waals surface area contributed by atoms with Crippen LogP contribution in [0.4, 0.5) is 5.69 Å². The van der Waals surface area contributed by atoms with Gasteiger partial charge in [-0.25, -0.2) is 0 Å². The largest absolute Gasteiger partial charge is 0.368 e. The first-order valence-corrected chi connectivity index (χ1v) is 7.12. The van der Waals surface area contributed by atoms with Gasteiger partial charge in [0.1, 0.15) is 0 Å². The molecule has 4 aliphatic carbocycles. The molecule has 4 saturated carbocycles. The van der Waals surface area contributed by atoms with Crippen molar-refractivity contribution in [2.75, 3.05) is 11.9 Å². The minimum absolute atomic E-state index is 0.497. The van der Waals surface area contributed by atoms with Crippen molar-refractivity contribution in [1.82, 2.24) is 4.98 Å². The van der Waals surface area contributed by atoms with Crippen molar-refractivity contribution in [3.05, 3.63) is 18.5 Å². The Bertz CT molecular complexity index is 371. The first-order valence-electron chi connectivity index (χ1n) is 7.12. The number of nitrogens with one attached hydrogen (secondary N) is 1. The average Bonchev–Trinajstić information content (AvgIpc) is 2.79. The normalized spacial score (nSPS) is 43.0. The monoisotopic (exact) mass is 230 g/mol. The zero-order chi connectivity index (χ0) is 11.5. The molecule has 0 amide bonds. The Morgan fingerprint density at radius 1 is 1.12 bits per heavy atom. The molecule has 92 valence electrons. The molecular formula is C15H22N2. The van der Waals surface area contributed by atoms with Crippen LogP contribution in [0.25, 0.3) is 0 Å². The van der Waals surface area contributed by atoms with Crippen molar-refractivity contribution in [3.8, 4) is 0 Å². The third-order valence-corrected chi connectivity index (χ3v) is 5.69. The van der Waals surface area contributed by atoms with Gasteiger partial charge in [-0.1, -0.05) is 0 Å². The minimum atomic E-state index is 0.497. The zero-order valence-corrected chi connectivity index (χ0v) is 10.7. The second-order valence-corrected chi connectivity index (χ2v) is 6.77.